The Bertz CT molecular complexity index is 272. The molecular formula is C7H9N3O. The van der Waals surface area contributed by atoms with Crippen LogP contribution in [-0.2, 0) is 6.61 Å². The van der Waals surface area contributed by atoms with Gasteiger partial charge in [0, 0.05) is 11.8 Å². The van der Waals surface area contributed by atoms with E-state index in [4.69, 9.17) is 16.2 Å². The minimum Gasteiger partial charge on any atom is -0.397 e. The molecule has 0 saturated heterocycles. The van der Waals surface area contributed by atoms with Gasteiger partial charge in [-0.15, -0.1) is 0 Å². The van der Waals surface area contributed by atoms with Crippen molar-refractivity contribution in [2.45, 2.75) is 6.61 Å². The molecule has 1 rings (SSSR count). The molecule has 1 aromatic heterocycles. The van der Waals surface area contributed by atoms with Crippen LogP contribution in [0.2, 0.25) is 0 Å². The number of aromatic nitrogens is 1. The molecule has 11 heavy (non-hydrogen) atoms. The first-order chi connectivity index (χ1) is 5.27. The molecule has 0 fully saturated rings. The number of nitrogens with two attached hydrogens (primary N) is 1. The second-order valence-corrected chi connectivity index (χ2v) is 2.11. The Balaban J connectivity index is 3.12. The smallest absolute Gasteiger partial charge is 0.0853 e. The molecular weight excluding hydrogens is 142 g/mol. The maximum Gasteiger partial charge on any atom is 0.0853 e. The van der Waals surface area contributed by atoms with Crippen molar-refractivity contribution in [1.29, 1.82) is 5.41 Å². The summed E-state index contributed by atoms with van der Waals surface area (Å²) in [4.78, 5) is 3.83. The zero-order chi connectivity index (χ0) is 8.27. The lowest BCUT2D eigenvalue weighted by molar-refractivity contribution is 0.277. The first-order valence-electron chi connectivity index (χ1n) is 3.13. The maximum absolute atomic E-state index is 8.67. The van der Waals surface area contributed by atoms with E-state index in [0.29, 0.717) is 16.9 Å². The van der Waals surface area contributed by atoms with E-state index in [1.165, 1.54) is 6.20 Å². The van der Waals surface area contributed by atoms with Gasteiger partial charge in [0.15, 0.2) is 0 Å². The lowest BCUT2D eigenvalue weighted by atomic mass is 10.2. The molecule has 1 aromatic rings. The van der Waals surface area contributed by atoms with Crippen molar-refractivity contribution < 1.29 is 5.11 Å². The summed E-state index contributed by atoms with van der Waals surface area (Å²) >= 11 is 0. The summed E-state index contributed by atoms with van der Waals surface area (Å²) in [6, 6.07) is 1.59. The molecule has 0 aliphatic carbocycles. The van der Waals surface area contributed by atoms with E-state index in [2.05, 4.69) is 4.98 Å². The van der Waals surface area contributed by atoms with Crippen molar-refractivity contribution in [2.75, 3.05) is 5.73 Å². The van der Waals surface area contributed by atoms with Gasteiger partial charge in [-0.3, -0.25) is 4.98 Å². The van der Waals surface area contributed by atoms with Gasteiger partial charge in [-0.1, -0.05) is 0 Å². The standard InChI is InChI=1S/C7H9N3O/c8-2-5-1-6(4-11)10-3-7(5)9/h1-3,8,11H,4,9H2. The summed E-state index contributed by atoms with van der Waals surface area (Å²) in [5, 5.41) is 15.6. The van der Waals surface area contributed by atoms with Crippen molar-refractivity contribution in [3.8, 4) is 0 Å². The number of pyridine rings is 1. The zero-order valence-electron chi connectivity index (χ0n) is 5.91. The fourth-order valence-electron chi connectivity index (χ4n) is 0.739. The summed E-state index contributed by atoms with van der Waals surface area (Å²) in [6.07, 6.45) is 2.57. The molecule has 4 N–H and O–H groups in total. The second-order valence-electron chi connectivity index (χ2n) is 2.11. The van der Waals surface area contributed by atoms with E-state index >= 15 is 0 Å². The van der Waals surface area contributed by atoms with E-state index in [9.17, 15) is 0 Å². The highest BCUT2D eigenvalue weighted by Gasteiger charge is 1.97. The first-order valence-corrected chi connectivity index (χ1v) is 3.13. The van der Waals surface area contributed by atoms with Gasteiger partial charge in [-0.05, 0) is 6.07 Å². The number of rotatable bonds is 2. The van der Waals surface area contributed by atoms with E-state index in [1.807, 2.05) is 0 Å². The Kier molecular flexibility index (Phi) is 2.18. The topological polar surface area (TPSA) is 83.0 Å². The number of nitrogens with one attached hydrogen (secondary N) is 1. The van der Waals surface area contributed by atoms with Crippen LogP contribution >= 0.6 is 0 Å². The molecule has 0 saturated carbocycles. The lowest BCUT2D eigenvalue weighted by Crippen LogP contribution is -1.97. The van der Waals surface area contributed by atoms with Crippen LogP contribution in [0.4, 0.5) is 5.69 Å². The fourth-order valence-corrected chi connectivity index (χ4v) is 0.739. The number of anilines is 1. The molecule has 0 aromatic carbocycles. The molecule has 0 amide bonds. The Morgan fingerprint density at radius 1 is 1.73 bits per heavy atom. The number of nitrogen functional groups attached to an aromatic ring is 1. The average Bonchev–Trinajstić information content (AvgIpc) is 2.05. The molecule has 0 bridgehead atoms. The van der Waals surface area contributed by atoms with Gasteiger partial charge >= 0.3 is 0 Å². The molecule has 0 radical (unpaired) electrons. The van der Waals surface area contributed by atoms with Gasteiger partial charge in [0.2, 0.25) is 0 Å². The predicted octanol–water partition coefficient (Wildman–Crippen LogP) is 0.154. The first kappa shape index (κ1) is 7.68. The van der Waals surface area contributed by atoms with Gasteiger partial charge in [0.25, 0.3) is 0 Å². The fraction of sp³-hybridized carbons (Fsp3) is 0.143. The third kappa shape index (κ3) is 1.53. The average molecular weight is 151 g/mol. The largest absolute Gasteiger partial charge is 0.397 e. The third-order valence-electron chi connectivity index (χ3n) is 1.34. The Labute approximate surface area is 64.2 Å². The predicted molar refractivity (Wildman–Crippen MR) is 42.5 cm³/mol. The van der Waals surface area contributed by atoms with Crippen molar-refractivity contribution >= 4 is 11.9 Å². The maximum atomic E-state index is 8.67. The normalized spacial score (nSPS) is 9.55. The number of hydrogen-bond acceptors (Lipinski definition) is 4. The van der Waals surface area contributed by atoms with E-state index in [1.54, 1.807) is 6.07 Å². The van der Waals surface area contributed by atoms with Crippen LogP contribution in [0.1, 0.15) is 11.3 Å². The van der Waals surface area contributed by atoms with Crippen LogP contribution in [0.5, 0.6) is 0 Å². The number of aliphatic hydroxyl groups excluding tert-OH is 1. The molecule has 1 heterocycles. The van der Waals surface area contributed by atoms with E-state index in [0.717, 1.165) is 6.21 Å². The van der Waals surface area contributed by atoms with Crippen LogP contribution in [-0.4, -0.2) is 16.3 Å². The van der Waals surface area contributed by atoms with Gasteiger partial charge in [-0.2, -0.15) is 0 Å². The van der Waals surface area contributed by atoms with Crippen LogP contribution < -0.4 is 5.73 Å². The minimum absolute atomic E-state index is 0.124. The summed E-state index contributed by atoms with van der Waals surface area (Å²) in [5.74, 6) is 0. The summed E-state index contributed by atoms with van der Waals surface area (Å²) in [5.41, 5.74) is 7.03. The summed E-state index contributed by atoms with van der Waals surface area (Å²) in [6.45, 7) is -0.124. The molecule has 0 spiro atoms. The molecule has 0 aliphatic rings. The van der Waals surface area contributed by atoms with E-state index < -0.39 is 0 Å². The van der Waals surface area contributed by atoms with Gasteiger partial charge < -0.3 is 16.2 Å². The molecule has 0 aliphatic heterocycles. The molecule has 58 valence electrons. The second kappa shape index (κ2) is 3.12. The number of hydrogen-bond donors (Lipinski definition) is 3. The lowest BCUT2D eigenvalue weighted by Gasteiger charge is -1.99. The van der Waals surface area contributed by atoms with Crippen LogP contribution in [0.3, 0.4) is 0 Å². The summed E-state index contributed by atoms with van der Waals surface area (Å²) in [7, 11) is 0. The van der Waals surface area contributed by atoms with Crippen LogP contribution in [0.15, 0.2) is 12.3 Å². The zero-order valence-corrected chi connectivity index (χ0v) is 5.91. The van der Waals surface area contributed by atoms with Crippen molar-refractivity contribution in [2.24, 2.45) is 0 Å². The molecule has 4 nitrogen and oxygen atoms in total. The Morgan fingerprint density at radius 2 is 2.45 bits per heavy atom. The minimum atomic E-state index is -0.124. The molecule has 0 unspecified atom stereocenters. The molecule has 0 atom stereocenters. The quantitative estimate of drug-likeness (QED) is 0.526. The highest BCUT2D eigenvalue weighted by atomic mass is 16.3. The van der Waals surface area contributed by atoms with Crippen molar-refractivity contribution in [3.63, 3.8) is 0 Å². The van der Waals surface area contributed by atoms with Crippen molar-refractivity contribution in [1.82, 2.24) is 4.98 Å². The Hall–Kier alpha value is -1.42. The highest BCUT2D eigenvalue weighted by Crippen LogP contribution is 2.08. The van der Waals surface area contributed by atoms with E-state index in [-0.39, 0.29) is 6.61 Å². The van der Waals surface area contributed by atoms with Crippen molar-refractivity contribution in [3.05, 3.63) is 23.5 Å². The number of nitrogens with zero attached hydrogens (tertiary/aromatic N) is 1. The molecule has 4 heteroatoms. The SMILES string of the molecule is N=Cc1cc(CO)ncc1N. The summed E-state index contributed by atoms with van der Waals surface area (Å²) < 4.78 is 0. The Morgan fingerprint density at radius 3 is 3.00 bits per heavy atom. The monoisotopic (exact) mass is 151 g/mol. The third-order valence-corrected chi connectivity index (χ3v) is 1.34. The number of aliphatic hydroxyl groups is 1. The highest BCUT2D eigenvalue weighted by molar-refractivity contribution is 5.84. The van der Waals surface area contributed by atoms with Crippen LogP contribution in [0.25, 0.3) is 0 Å². The van der Waals surface area contributed by atoms with Gasteiger partial charge in [-0.25, -0.2) is 0 Å². The van der Waals surface area contributed by atoms with Crippen LogP contribution in [0, 0.1) is 5.41 Å². The van der Waals surface area contributed by atoms with Gasteiger partial charge in [0.1, 0.15) is 0 Å². The van der Waals surface area contributed by atoms with Gasteiger partial charge in [0.05, 0.1) is 24.2 Å².